The highest BCUT2D eigenvalue weighted by atomic mass is 19.4. The first-order valence-corrected chi connectivity index (χ1v) is 10.6. The first kappa shape index (κ1) is 21.1. The second kappa shape index (κ2) is 8.55. The molecule has 2 aromatic rings. The van der Waals surface area contributed by atoms with Crippen molar-refractivity contribution in [3.8, 4) is 0 Å². The minimum Gasteiger partial charge on any atom is -0.376 e. The molecule has 3 heterocycles. The summed E-state index contributed by atoms with van der Waals surface area (Å²) in [6.07, 6.45) is 4.97. The van der Waals surface area contributed by atoms with Crippen molar-refractivity contribution in [2.24, 2.45) is 10.9 Å². The Morgan fingerprint density at radius 2 is 2.03 bits per heavy atom. The number of hydrogen-bond donors (Lipinski definition) is 2. The average molecular weight is 423 g/mol. The Bertz CT molecular complexity index is 902. The van der Waals surface area contributed by atoms with E-state index in [2.05, 4.69) is 20.2 Å². The van der Waals surface area contributed by atoms with Crippen molar-refractivity contribution in [2.75, 3.05) is 18.1 Å². The van der Waals surface area contributed by atoms with Gasteiger partial charge in [-0.25, -0.2) is 4.98 Å². The number of hydrogen-bond acceptors (Lipinski definition) is 5. The van der Waals surface area contributed by atoms with Crippen LogP contribution in [0.25, 0.3) is 11.0 Å². The third kappa shape index (κ3) is 4.05. The normalized spacial score (nSPS) is 23.0. The molecule has 0 aromatic carbocycles. The molecule has 0 saturated heterocycles. The Labute approximate surface area is 173 Å². The van der Waals surface area contributed by atoms with Crippen molar-refractivity contribution in [3.63, 3.8) is 0 Å². The maximum Gasteiger partial charge on any atom is 0.403 e. The zero-order valence-electron chi connectivity index (χ0n) is 17.1. The Balaban J connectivity index is 1.44. The van der Waals surface area contributed by atoms with Crippen LogP contribution in [0.4, 0.5) is 18.9 Å². The second-order valence-electron chi connectivity index (χ2n) is 8.23. The number of halogens is 3. The lowest BCUT2D eigenvalue weighted by Gasteiger charge is -2.40. The number of alkyl halides is 3. The third-order valence-corrected chi connectivity index (χ3v) is 6.41. The van der Waals surface area contributed by atoms with E-state index in [1.54, 1.807) is 17.7 Å². The third-order valence-electron chi connectivity index (χ3n) is 6.41. The molecular formula is C21H28F3N5O. The molecule has 2 N–H and O–H groups in total. The van der Waals surface area contributed by atoms with Crippen molar-refractivity contribution in [1.29, 1.82) is 0 Å². The Hall–Kier alpha value is -2.13. The highest BCUT2D eigenvalue weighted by molar-refractivity contribution is 6.02. The van der Waals surface area contributed by atoms with E-state index in [0.29, 0.717) is 19.3 Å². The number of nitrogens with one attached hydrogen (secondary N) is 1. The van der Waals surface area contributed by atoms with Gasteiger partial charge in [0.1, 0.15) is 25.1 Å². The van der Waals surface area contributed by atoms with Crippen LogP contribution >= 0.6 is 0 Å². The number of aromatic nitrogens is 2. The number of nitrogens with zero attached hydrogens (tertiary/aromatic N) is 4. The summed E-state index contributed by atoms with van der Waals surface area (Å²) in [5.41, 5.74) is 2.79. The van der Waals surface area contributed by atoms with Crippen LogP contribution in [0.5, 0.6) is 0 Å². The Morgan fingerprint density at radius 1 is 1.27 bits per heavy atom. The molecule has 30 heavy (non-hydrogen) atoms. The van der Waals surface area contributed by atoms with Gasteiger partial charge < -0.3 is 19.9 Å². The van der Waals surface area contributed by atoms with E-state index in [-0.39, 0.29) is 19.1 Å². The fourth-order valence-electron chi connectivity index (χ4n) is 4.73. The van der Waals surface area contributed by atoms with E-state index < -0.39 is 12.2 Å². The molecule has 0 bridgehead atoms. The van der Waals surface area contributed by atoms with Crippen LogP contribution in [-0.4, -0.2) is 52.3 Å². The molecule has 1 aliphatic carbocycles. The van der Waals surface area contributed by atoms with Gasteiger partial charge >= 0.3 is 6.18 Å². The van der Waals surface area contributed by atoms with Gasteiger partial charge in [0.2, 0.25) is 0 Å². The molecule has 0 spiro atoms. The zero-order chi connectivity index (χ0) is 21.3. The van der Waals surface area contributed by atoms with E-state index in [1.807, 2.05) is 18.5 Å². The molecule has 0 unspecified atom stereocenters. The lowest BCUT2D eigenvalue weighted by atomic mass is 9.84. The number of fused-ring (bicyclic) bond motifs is 3. The maximum absolute atomic E-state index is 13.0. The monoisotopic (exact) mass is 423 g/mol. The maximum atomic E-state index is 13.0. The van der Waals surface area contributed by atoms with Crippen LogP contribution in [0.2, 0.25) is 0 Å². The number of pyridine rings is 1. The van der Waals surface area contributed by atoms with Crippen LogP contribution in [0.1, 0.15) is 44.6 Å². The van der Waals surface area contributed by atoms with Crippen LogP contribution in [0.15, 0.2) is 23.5 Å². The lowest BCUT2D eigenvalue weighted by molar-refractivity contribution is -0.156. The minimum atomic E-state index is -4.19. The molecule has 164 valence electrons. The smallest absolute Gasteiger partial charge is 0.376 e. The number of aliphatic imine (C=N–C) groups is 1. The summed E-state index contributed by atoms with van der Waals surface area (Å²) < 4.78 is 40.6. The first-order chi connectivity index (χ1) is 14.4. The number of rotatable bonds is 6. The highest BCUT2D eigenvalue weighted by Crippen LogP contribution is 2.37. The quantitative estimate of drug-likeness (QED) is 0.744. The van der Waals surface area contributed by atoms with Gasteiger partial charge in [0.15, 0.2) is 0 Å². The Kier molecular flexibility index (Phi) is 6.02. The largest absolute Gasteiger partial charge is 0.403 e. The van der Waals surface area contributed by atoms with Gasteiger partial charge in [0.25, 0.3) is 0 Å². The lowest BCUT2D eigenvalue weighted by Crippen LogP contribution is -2.45. The van der Waals surface area contributed by atoms with E-state index in [1.165, 1.54) is 0 Å². The fraction of sp³-hybridized carbons (Fsp3) is 0.619. The standard InChI is InChI=1S/C21H28F3N5O/c1-2-18(21(22,23)24)26-9-14-3-5-16(6-4-14)29-12-25-10-15-11-27-20-17(19(15)29)7-8-28(20)13-30/h7-8,10-11,14,16,18,26,30H,2-6,9,12-13H2,1H3/t14?,16?,18-/m1/s1. The van der Waals surface area contributed by atoms with Gasteiger partial charge in [-0.15, -0.1) is 0 Å². The van der Waals surface area contributed by atoms with Crippen molar-refractivity contribution in [3.05, 3.63) is 24.0 Å². The van der Waals surface area contributed by atoms with Crippen LogP contribution in [0.3, 0.4) is 0 Å². The summed E-state index contributed by atoms with van der Waals surface area (Å²) in [6.45, 7) is 2.41. The van der Waals surface area contributed by atoms with Crippen molar-refractivity contribution in [2.45, 2.75) is 64.0 Å². The number of aliphatic hydroxyl groups is 1. The molecule has 9 heteroatoms. The summed E-state index contributed by atoms with van der Waals surface area (Å²) in [5.74, 6) is 0.262. The van der Waals surface area contributed by atoms with E-state index in [4.69, 9.17) is 0 Å². The van der Waals surface area contributed by atoms with Crippen molar-refractivity contribution < 1.29 is 18.3 Å². The molecule has 2 aliphatic rings. The summed E-state index contributed by atoms with van der Waals surface area (Å²) in [6, 6.07) is 0.848. The second-order valence-corrected chi connectivity index (χ2v) is 8.23. The molecule has 2 aromatic heterocycles. The van der Waals surface area contributed by atoms with Gasteiger partial charge in [-0.1, -0.05) is 6.92 Å². The SMILES string of the molecule is CC[C@@H](NCC1CCC(N2CN=Cc3cnc4c(ccn4CO)c32)CC1)C(F)(F)F. The van der Waals surface area contributed by atoms with Gasteiger partial charge in [-0.2, -0.15) is 13.2 Å². The van der Waals surface area contributed by atoms with Gasteiger partial charge in [-0.05, 0) is 50.6 Å². The molecule has 0 radical (unpaired) electrons. The first-order valence-electron chi connectivity index (χ1n) is 10.6. The van der Waals surface area contributed by atoms with Gasteiger partial charge in [0.05, 0.1) is 5.69 Å². The summed E-state index contributed by atoms with van der Waals surface area (Å²) >= 11 is 0. The highest BCUT2D eigenvalue weighted by Gasteiger charge is 2.38. The molecule has 1 fully saturated rings. The minimum absolute atomic E-state index is 0.0545. The van der Waals surface area contributed by atoms with Crippen LogP contribution < -0.4 is 10.2 Å². The summed E-state index contributed by atoms with van der Waals surface area (Å²) in [7, 11) is 0. The molecule has 4 rings (SSSR count). The molecule has 0 amide bonds. The number of anilines is 1. The van der Waals surface area contributed by atoms with Crippen LogP contribution in [0, 0.1) is 5.92 Å². The molecule has 1 aliphatic heterocycles. The molecule has 1 saturated carbocycles. The molecule has 1 atom stereocenters. The van der Waals surface area contributed by atoms with Gasteiger partial charge in [0, 0.05) is 35.6 Å². The molecule has 6 nitrogen and oxygen atoms in total. The Morgan fingerprint density at radius 3 is 2.70 bits per heavy atom. The van der Waals surface area contributed by atoms with E-state index >= 15 is 0 Å². The average Bonchev–Trinajstić information content (AvgIpc) is 3.17. The van der Waals surface area contributed by atoms with Crippen LogP contribution in [-0.2, 0) is 6.73 Å². The van der Waals surface area contributed by atoms with Crippen molar-refractivity contribution >= 4 is 22.9 Å². The van der Waals surface area contributed by atoms with Crippen molar-refractivity contribution in [1.82, 2.24) is 14.9 Å². The molecular weight excluding hydrogens is 395 g/mol. The van der Waals surface area contributed by atoms with Gasteiger partial charge in [-0.3, -0.25) is 4.99 Å². The zero-order valence-corrected chi connectivity index (χ0v) is 17.1. The summed E-state index contributed by atoms with van der Waals surface area (Å²) in [5, 5.41) is 13.3. The van der Waals surface area contributed by atoms with E-state index in [0.717, 1.165) is 48.0 Å². The number of aliphatic hydroxyl groups excluding tert-OH is 1. The fourth-order valence-corrected chi connectivity index (χ4v) is 4.73. The predicted molar refractivity (Wildman–Crippen MR) is 111 cm³/mol. The predicted octanol–water partition coefficient (Wildman–Crippen LogP) is 3.67. The topological polar surface area (TPSA) is 65.7 Å². The van der Waals surface area contributed by atoms with E-state index in [9.17, 15) is 18.3 Å². The summed E-state index contributed by atoms with van der Waals surface area (Å²) in [4.78, 5) is 11.3.